The molecule has 0 bridgehead atoms. The highest BCUT2D eigenvalue weighted by atomic mass is 35.5. The molecule has 0 amide bonds. The summed E-state index contributed by atoms with van der Waals surface area (Å²) < 4.78 is 0. The van der Waals surface area contributed by atoms with E-state index in [1.165, 1.54) is 0 Å². The van der Waals surface area contributed by atoms with Crippen LogP contribution >= 0.6 is 23.2 Å². The minimum Gasteiger partial charge on any atom is -0.330 e. The zero-order valence-corrected chi connectivity index (χ0v) is 9.89. The van der Waals surface area contributed by atoms with Crippen molar-refractivity contribution < 1.29 is 0 Å². The number of hydrogen-bond acceptors (Lipinski definition) is 3. The van der Waals surface area contributed by atoms with Gasteiger partial charge in [0.15, 0.2) is 5.82 Å². The lowest BCUT2D eigenvalue weighted by Gasteiger charge is -1.97. The number of nitrogens with zero attached hydrogens (tertiary/aromatic N) is 2. The number of nitrogens with one attached hydrogen (secondary N) is 1. The van der Waals surface area contributed by atoms with Gasteiger partial charge in [-0.1, -0.05) is 23.2 Å². The summed E-state index contributed by atoms with van der Waals surface area (Å²) in [5.74, 6) is 1.37. The van der Waals surface area contributed by atoms with Crippen LogP contribution in [-0.4, -0.2) is 21.7 Å². The molecule has 0 aliphatic heterocycles. The highest BCUT2D eigenvalue weighted by Crippen LogP contribution is 2.26. The Balaban J connectivity index is 2.31. The Bertz CT molecular complexity index is 495. The fourth-order valence-electron chi connectivity index (χ4n) is 1.31. The third-order valence-electron chi connectivity index (χ3n) is 2.09. The molecular formula is C10H10Cl2N4. The van der Waals surface area contributed by atoms with Crippen molar-refractivity contribution in [3.05, 3.63) is 34.1 Å². The van der Waals surface area contributed by atoms with E-state index in [2.05, 4.69) is 15.2 Å². The maximum atomic E-state index is 5.91. The van der Waals surface area contributed by atoms with Crippen LogP contribution in [0.1, 0.15) is 5.82 Å². The number of hydrogen-bond donors (Lipinski definition) is 2. The maximum Gasteiger partial charge on any atom is 0.181 e. The Kier molecular flexibility index (Phi) is 3.43. The van der Waals surface area contributed by atoms with Crippen LogP contribution in [0.25, 0.3) is 11.4 Å². The molecule has 0 saturated carbocycles. The average molecular weight is 257 g/mol. The topological polar surface area (TPSA) is 67.6 Å². The molecule has 0 atom stereocenters. The highest BCUT2D eigenvalue weighted by molar-refractivity contribution is 6.42. The molecule has 0 saturated heterocycles. The van der Waals surface area contributed by atoms with E-state index in [9.17, 15) is 0 Å². The molecule has 0 spiro atoms. The SMILES string of the molecule is NCCc1nc(-c2ccc(Cl)c(Cl)c2)n[nH]1. The normalized spacial score (nSPS) is 10.7. The second-order valence-electron chi connectivity index (χ2n) is 3.27. The smallest absolute Gasteiger partial charge is 0.181 e. The number of benzene rings is 1. The summed E-state index contributed by atoms with van der Waals surface area (Å²) in [6, 6.07) is 5.28. The quantitative estimate of drug-likeness (QED) is 0.886. The van der Waals surface area contributed by atoms with Crippen molar-refractivity contribution in [2.24, 2.45) is 5.73 Å². The first-order valence-corrected chi connectivity index (χ1v) is 5.53. The van der Waals surface area contributed by atoms with Crippen LogP contribution in [0, 0.1) is 0 Å². The van der Waals surface area contributed by atoms with Gasteiger partial charge in [-0.15, -0.1) is 0 Å². The van der Waals surface area contributed by atoms with E-state index in [0.29, 0.717) is 28.8 Å². The highest BCUT2D eigenvalue weighted by Gasteiger charge is 2.07. The molecule has 0 unspecified atom stereocenters. The molecule has 0 aliphatic carbocycles. The summed E-state index contributed by atoms with van der Waals surface area (Å²) in [5.41, 5.74) is 6.25. The lowest BCUT2D eigenvalue weighted by molar-refractivity contribution is 0.874. The predicted octanol–water partition coefficient (Wildman–Crippen LogP) is 2.28. The largest absolute Gasteiger partial charge is 0.330 e. The van der Waals surface area contributed by atoms with Gasteiger partial charge in [-0.2, -0.15) is 5.10 Å². The Labute approximate surface area is 103 Å². The van der Waals surface area contributed by atoms with E-state index in [1.807, 2.05) is 6.07 Å². The van der Waals surface area contributed by atoms with Crippen LogP contribution in [-0.2, 0) is 6.42 Å². The van der Waals surface area contributed by atoms with E-state index in [-0.39, 0.29) is 0 Å². The number of nitrogens with two attached hydrogens (primary N) is 1. The van der Waals surface area contributed by atoms with Crippen molar-refractivity contribution in [1.29, 1.82) is 0 Å². The fourth-order valence-corrected chi connectivity index (χ4v) is 1.61. The number of aromatic amines is 1. The Hall–Kier alpha value is -1.10. The minimum atomic E-state index is 0.490. The van der Waals surface area contributed by atoms with Crippen LogP contribution in [0.2, 0.25) is 10.0 Å². The van der Waals surface area contributed by atoms with Gasteiger partial charge in [0, 0.05) is 12.0 Å². The maximum absolute atomic E-state index is 5.91. The Morgan fingerprint density at radius 3 is 2.75 bits per heavy atom. The van der Waals surface area contributed by atoms with Crippen molar-refractivity contribution >= 4 is 23.2 Å². The van der Waals surface area contributed by atoms with Crippen LogP contribution in [0.5, 0.6) is 0 Å². The van der Waals surface area contributed by atoms with Crippen LogP contribution in [0.4, 0.5) is 0 Å². The molecule has 2 aromatic rings. The van der Waals surface area contributed by atoms with E-state index in [0.717, 1.165) is 11.4 Å². The molecular weight excluding hydrogens is 247 g/mol. The van der Waals surface area contributed by atoms with E-state index in [1.54, 1.807) is 12.1 Å². The second kappa shape index (κ2) is 4.82. The van der Waals surface area contributed by atoms with Crippen molar-refractivity contribution in [3.63, 3.8) is 0 Å². The molecule has 4 nitrogen and oxygen atoms in total. The fraction of sp³-hybridized carbons (Fsp3) is 0.200. The first-order valence-electron chi connectivity index (χ1n) is 4.77. The molecule has 0 aliphatic rings. The molecule has 1 aromatic carbocycles. The Morgan fingerprint density at radius 1 is 1.25 bits per heavy atom. The van der Waals surface area contributed by atoms with E-state index in [4.69, 9.17) is 28.9 Å². The van der Waals surface area contributed by atoms with Crippen molar-refractivity contribution in [2.45, 2.75) is 6.42 Å². The molecule has 1 heterocycles. The summed E-state index contributed by atoms with van der Waals surface area (Å²) in [6.45, 7) is 0.538. The average Bonchev–Trinajstić information content (AvgIpc) is 2.71. The van der Waals surface area contributed by atoms with Gasteiger partial charge in [-0.3, -0.25) is 5.10 Å². The standard InChI is InChI=1S/C10H10Cl2N4/c11-7-2-1-6(5-8(7)12)10-14-9(3-4-13)15-16-10/h1-2,5H,3-4,13H2,(H,14,15,16). The summed E-state index contributed by atoms with van der Waals surface area (Å²) in [5, 5.41) is 7.91. The zero-order chi connectivity index (χ0) is 11.5. The molecule has 16 heavy (non-hydrogen) atoms. The Morgan fingerprint density at radius 2 is 2.06 bits per heavy atom. The summed E-state index contributed by atoms with van der Waals surface area (Å²) in [4.78, 5) is 4.29. The molecule has 2 rings (SSSR count). The first kappa shape index (κ1) is 11.4. The first-order chi connectivity index (χ1) is 7.70. The molecule has 0 radical (unpaired) electrons. The van der Waals surface area contributed by atoms with E-state index < -0.39 is 0 Å². The van der Waals surface area contributed by atoms with Gasteiger partial charge in [-0.25, -0.2) is 4.98 Å². The van der Waals surface area contributed by atoms with Crippen LogP contribution < -0.4 is 5.73 Å². The van der Waals surface area contributed by atoms with Crippen molar-refractivity contribution in [2.75, 3.05) is 6.54 Å². The monoisotopic (exact) mass is 256 g/mol. The van der Waals surface area contributed by atoms with Gasteiger partial charge >= 0.3 is 0 Å². The van der Waals surface area contributed by atoms with E-state index >= 15 is 0 Å². The minimum absolute atomic E-state index is 0.490. The lowest BCUT2D eigenvalue weighted by atomic mass is 10.2. The van der Waals surface area contributed by atoms with Gasteiger partial charge in [0.2, 0.25) is 0 Å². The second-order valence-corrected chi connectivity index (χ2v) is 4.09. The van der Waals surface area contributed by atoms with Crippen LogP contribution in [0.3, 0.4) is 0 Å². The molecule has 1 aromatic heterocycles. The zero-order valence-electron chi connectivity index (χ0n) is 8.37. The van der Waals surface area contributed by atoms with Crippen molar-refractivity contribution in [1.82, 2.24) is 15.2 Å². The van der Waals surface area contributed by atoms with Gasteiger partial charge in [0.25, 0.3) is 0 Å². The van der Waals surface area contributed by atoms with Gasteiger partial charge in [-0.05, 0) is 24.7 Å². The van der Waals surface area contributed by atoms with Gasteiger partial charge in [0.05, 0.1) is 10.0 Å². The molecule has 84 valence electrons. The molecule has 0 fully saturated rings. The number of rotatable bonds is 3. The predicted molar refractivity (Wildman–Crippen MR) is 64.6 cm³/mol. The number of aromatic nitrogens is 3. The number of halogens is 2. The van der Waals surface area contributed by atoms with Gasteiger partial charge < -0.3 is 5.73 Å². The third-order valence-corrected chi connectivity index (χ3v) is 2.83. The van der Waals surface area contributed by atoms with Crippen LogP contribution in [0.15, 0.2) is 18.2 Å². The number of H-pyrrole nitrogens is 1. The lowest BCUT2D eigenvalue weighted by Crippen LogP contribution is -2.03. The van der Waals surface area contributed by atoms with Gasteiger partial charge in [0.1, 0.15) is 5.82 Å². The third kappa shape index (κ3) is 2.35. The molecule has 3 N–H and O–H groups in total. The van der Waals surface area contributed by atoms with Crippen molar-refractivity contribution in [3.8, 4) is 11.4 Å². The summed E-state index contributed by atoms with van der Waals surface area (Å²) in [7, 11) is 0. The summed E-state index contributed by atoms with van der Waals surface area (Å²) >= 11 is 11.7. The summed E-state index contributed by atoms with van der Waals surface area (Å²) in [6.07, 6.45) is 0.675. The molecule has 6 heteroatoms.